The molecule has 2 atom stereocenters. The third kappa shape index (κ3) is 2.74. The summed E-state index contributed by atoms with van der Waals surface area (Å²) in [6.45, 7) is 1.54. The molecule has 0 saturated carbocycles. The summed E-state index contributed by atoms with van der Waals surface area (Å²) < 4.78 is 5.54. The number of nitrogens with one attached hydrogen (secondary N) is 2. The van der Waals surface area contributed by atoms with Crippen molar-refractivity contribution in [2.45, 2.75) is 44.3 Å². The molecule has 7 heteroatoms. The number of carboxylic acids is 1. The van der Waals surface area contributed by atoms with Gasteiger partial charge in [0.25, 0.3) is 0 Å². The van der Waals surface area contributed by atoms with Crippen LogP contribution in [0.3, 0.4) is 0 Å². The van der Waals surface area contributed by atoms with E-state index < -0.39 is 5.97 Å². The van der Waals surface area contributed by atoms with Gasteiger partial charge in [-0.2, -0.15) is 0 Å². The summed E-state index contributed by atoms with van der Waals surface area (Å²) in [7, 11) is 0. The van der Waals surface area contributed by atoms with Crippen LogP contribution in [0.1, 0.15) is 42.5 Å². The summed E-state index contributed by atoms with van der Waals surface area (Å²) in [6, 6.07) is 1.88. The molecule has 2 aliphatic heterocycles. The Morgan fingerprint density at radius 1 is 1.42 bits per heavy atom. The number of allylic oxidation sites excluding steroid dienone is 1. The van der Waals surface area contributed by atoms with E-state index in [1.165, 1.54) is 36.4 Å². The summed E-state index contributed by atoms with van der Waals surface area (Å²) in [5, 5.41) is 15.0. The van der Waals surface area contributed by atoms with Crippen LogP contribution in [-0.2, 0) is 4.74 Å². The van der Waals surface area contributed by atoms with Gasteiger partial charge in [0, 0.05) is 18.5 Å². The molecule has 1 aromatic rings. The minimum Gasteiger partial charge on any atom is -0.478 e. The highest BCUT2D eigenvalue weighted by molar-refractivity contribution is 5.93. The molecule has 4 rings (SSSR count). The maximum absolute atomic E-state index is 11.4. The third-order valence-corrected chi connectivity index (χ3v) is 5.01. The van der Waals surface area contributed by atoms with Crippen molar-refractivity contribution >= 4 is 11.7 Å². The van der Waals surface area contributed by atoms with E-state index in [4.69, 9.17) is 4.74 Å². The zero-order valence-corrected chi connectivity index (χ0v) is 13.5. The maximum Gasteiger partial charge on any atom is 0.337 e. The molecule has 24 heavy (non-hydrogen) atoms. The second-order valence-electron chi connectivity index (χ2n) is 6.50. The van der Waals surface area contributed by atoms with Crippen molar-refractivity contribution in [3.63, 3.8) is 0 Å². The van der Waals surface area contributed by atoms with Gasteiger partial charge in [-0.3, -0.25) is 4.98 Å². The lowest BCUT2D eigenvalue weighted by Gasteiger charge is -2.29. The molecule has 0 aromatic carbocycles. The number of aromatic nitrogens is 1. The molecule has 7 nitrogen and oxygen atoms in total. The van der Waals surface area contributed by atoms with Gasteiger partial charge in [-0.1, -0.05) is 0 Å². The van der Waals surface area contributed by atoms with Gasteiger partial charge in [0.2, 0.25) is 0 Å². The number of hydrogen-bond donors (Lipinski definition) is 3. The summed E-state index contributed by atoms with van der Waals surface area (Å²) in [5.41, 5.74) is 7.02. The minimum atomic E-state index is -0.947. The number of rotatable bonds is 4. The van der Waals surface area contributed by atoms with E-state index >= 15 is 0 Å². The fourth-order valence-electron chi connectivity index (χ4n) is 3.82. The monoisotopic (exact) mass is 330 g/mol. The molecular weight excluding hydrogens is 308 g/mol. The van der Waals surface area contributed by atoms with Crippen molar-refractivity contribution in [2.24, 2.45) is 0 Å². The van der Waals surface area contributed by atoms with Gasteiger partial charge < -0.3 is 20.2 Å². The fourth-order valence-corrected chi connectivity index (χ4v) is 3.82. The Kier molecular flexibility index (Phi) is 4.12. The normalized spacial score (nSPS) is 26.6. The third-order valence-electron chi connectivity index (χ3n) is 5.01. The molecule has 2 unspecified atom stereocenters. The first-order valence-corrected chi connectivity index (χ1v) is 8.53. The SMILES string of the molecule is O=C(O)c1ccncc1NC1NN(C2CCOC2)C2=C1CCCC2. The number of anilines is 1. The number of nitrogens with zero attached hydrogens (tertiary/aromatic N) is 2. The van der Waals surface area contributed by atoms with Crippen molar-refractivity contribution in [3.05, 3.63) is 35.3 Å². The zero-order chi connectivity index (χ0) is 16.5. The highest BCUT2D eigenvalue weighted by Crippen LogP contribution is 2.36. The van der Waals surface area contributed by atoms with Gasteiger partial charge in [0.1, 0.15) is 6.17 Å². The first-order valence-electron chi connectivity index (χ1n) is 8.53. The summed E-state index contributed by atoms with van der Waals surface area (Å²) in [4.78, 5) is 15.5. The smallest absolute Gasteiger partial charge is 0.337 e. The van der Waals surface area contributed by atoms with E-state index in [0.717, 1.165) is 32.5 Å². The molecule has 3 heterocycles. The van der Waals surface area contributed by atoms with Gasteiger partial charge in [0.05, 0.1) is 30.1 Å². The number of ether oxygens (including phenoxy) is 1. The molecule has 3 N–H and O–H groups in total. The molecule has 0 bridgehead atoms. The molecule has 1 aromatic heterocycles. The highest BCUT2D eigenvalue weighted by Gasteiger charge is 2.37. The molecule has 0 amide bonds. The Balaban J connectivity index is 1.60. The van der Waals surface area contributed by atoms with E-state index in [2.05, 4.69) is 20.7 Å². The standard InChI is InChI=1S/C17H22N4O3/c22-17(23)12-5-7-18-9-14(12)19-16-13-3-1-2-4-15(13)21(20-16)11-6-8-24-10-11/h5,7,9,11,16,19-20H,1-4,6,8,10H2,(H,22,23). The number of hydrogen-bond acceptors (Lipinski definition) is 6. The predicted molar refractivity (Wildman–Crippen MR) is 88.3 cm³/mol. The lowest BCUT2D eigenvalue weighted by Crippen LogP contribution is -2.47. The van der Waals surface area contributed by atoms with Crippen LogP contribution in [0.5, 0.6) is 0 Å². The number of carboxylic acid groups (broad SMARTS) is 1. The number of hydrazine groups is 1. The summed E-state index contributed by atoms with van der Waals surface area (Å²) in [6.07, 6.45) is 8.49. The van der Waals surface area contributed by atoms with E-state index in [-0.39, 0.29) is 11.7 Å². The molecular formula is C17H22N4O3. The largest absolute Gasteiger partial charge is 0.478 e. The number of carbonyl (C=O) groups is 1. The van der Waals surface area contributed by atoms with Crippen LogP contribution < -0.4 is 10.7 Å². The van der Waals surface area contributed by atoms with E-state index in [0.29, 0.717) is 11.7 Å². The summed E-state index contributed by atoms with van der Waals surface area (Å²) in [5.74, 6) is -0.947. The Hall–Kier alpha value is -2.12. The van der Waals surface area contributed by atoms with Crippen LogP contribution in [0.15, 0.2) is 29.7 Å². The van der Waals surface area contributed by atoms with Crippen molar-refractivity contribution in [3.8, 4) is 0 Å². The van der Waals surface area contributed by atoms with Crippen LogP contribution in [0.2, 0.25) is 0 Å². The fraction of sp³-hybridized carbons (Fsp3) is 0.529. The lowest BCUT2D eigenvalue weighted by molar-refractivity contribution is 0.0697. The average molecular weight is 330 g/mol. The van der Waals surface area contributed by atoms with Crippen LogP contribution in [-0.4, -0.2) is 46.5 Å². The van der Waals surface area contributed by atoms with Crippen molar-refractivity contribution in [1.82, 2.24) is 15.4 Å². The molecule has 0 spiro atoms. The second kappa shape index (κ2) is 6.41. The Morgan fingerprint density at radius 2 is 2.29 bits per heavy atom. The van der Waals surface area contributed by atoms with E-state index in [1.807, 2.05) is 0 Å². The quantitative estimate of drug-likeness (QED) is 0.778. The lowest BCUT2D eigenvalue weighted by atomic mass is 9.94. The molecule has 1 aliphatic carbocycles. The minimum absolute atomic E-state index is 0.0804. The highest BCUT2D eigenvalue weighted by atomic mass is 16.5. The molecule has 128 valence electrons. The van der Waals surface area contributed by atoms with Gasteiger partial charge in [-0.25, -0.2) is 10.2 Å². The topological polar surface area (TPSA) is 86.7 Å². The van der Waals surface area contributed by atoms with Gasteiger partial charge >= 0.3 is 5.97 Å². The van der Waals surface area contributed by atoms with E-state index in [9.17, 15) is 9.90 Å². The Bertz CT molecular complexity index is 670. The molecule has 1 fully saturated rings. The number of pyridine rings is 1. The van der Waals surface area contributed by atoms with Crippen LogP contribution in [0.4, 0.5) is 5.69 Å². The molecule has 1 saturated heterocycles. The van der Waals surface area contributed by atoms with Gasteiger partial charge in [-0.05, 0) is 43.7 Å². The van der Waals surface area contributed by atoms with Gasteiger partial charge in [-0.15, -0.1) is 0 Å². The van der Waals surface area contributed by atoms with E-state index in [1.54, 1.807) is 6.20 Å². The Labute approximate surface area is 140 Å². The molecule has 3 aliphatic rings. The predicted octanol–water partition coefficient (Wildman–Crippen LogP) is 1.95. The first kappa shape index (κ1) is 15.4. The summed E-state index contributed by atoms with van der Waals surface area (Å²) >= 11 is 0. The Morgan fingerprint density at radius 3 is 3.08 bits per heavy atom. The molecule has 0 radical (unpaired) electrons. The van der Waals surface area contributed by atoms with Crippen LogP contribution in [0, 0.1) is 0 Å². The average Bonchev–Trinajstić information content (AvgIpc) is 3.23. The first-order chi connectivity index (χ1) is 11.7. The van der Waals surface area contributed by atoms with Crippen molar-refractivity contribution in [2.75, 3.05) is 18.5 Å². The second-order valence-corrected chi connectivity index (χ2v) is 6.50. The zero-order valence-electron chi connectivity index (χ0n) is 13.5. The van der Waals surface area contributed by atoms with Crippen LogP contribution in [0.25, 0.3) is 0 Å². The van der Waals surface area contributed by atoms with Gasteiger partial charge in [0.15, 0.2) is 0 Å². The van der Waals surface area contributed by atoms with Crippen molar-refractivity contribution in [1.29, 1.82) is 0 Å². The number of aromatic carboxylic acids is 1. The van der Waals surface area contributed by atoms with Crippen molar-refractivity contribution < 1.29 is 14.6 Å². The maximum atomic E-state index is 11.4. The van der Waals surface area contributed by atoms with Crippen LogP contribution >= 0.6 is 0 Å².